The lowest BCUT2D eigenvalue weighted by atomic mass is 9.80. The van der Waals surface area contributed by atoms with E-state index in [-0.39, 0.29) is 11.8 Å². The van der Waals surface area contributed by atoms with Crippen molar-refractivity contribution in [3.05, 3.63) is 29.6 Å². The predicted octanol–water partition coefficient (Wildman–Crippen LogP) is 3.17. The fourth-order valence-electron chi connectivity index (χ4n) is 4.48. The molecule has 6 nitrogen and oxygen atoms in total. The Morgan fingerprint density at radius 2 is 2.04 bits per heavy atom. The number of rotatable bonds is 3. The van der Waals surface area contributed by atoms with Crippen molar-refractivity contribution in [3.63, 3.8) is 0 Å². The number of imidazole rings is 1. The van der Waals surface area contributed by atoms with Gasteiger partial charge in [0.05, 0.1) is 16.4 Å². The average molecular weight is 368 g/mol. The number of nitrogens with one attached hydrogen (secondary N) is 2. The van der Waals surface area contributed by atoms with Crippen LogP contribution >= 0.6 is 0 Å². The third kappa shape index (κ3) is 3.57. The Hall–Kier alpha value is -2.37. The van der Waals surface area contributed by atoms with Crippen LogP contribution in [0.15, 0.2) is 18.2 Å². The second kappa shape index (κ2) is 6.98. The molecule has 0 radical (unpaired) electrons. The summed E-state index contributed by atoms with van der Waals surface area (Å²) in [6, 6.07) is 5.88. The van der Waals surface area contributed by atoms with Crippen LogP contribution in [-0.4, -0.2) is 45.8 Å². The lowest BCUT2D eigenvalue weighted by Gasteiger charge is -2.40. The van der Waals surface area contributed by atoms with Crippen LogP contribution in [0.5, 0.6) is 0 Å². The van der Waals surface area contributed by atoms with Gasteiger partial charge in [0.1, 0.15) is 5.82 Å². The number of H-pyrrole nitrogens is 1. The van der Waals surface area contributed by atoms with Gasteiger partial charge in [0.25, 0.3) is 5.91 Å². The first-order valence-electron chi connectivity index (χ1n) is 10.0. The van der Waals surface area contributed by atoms with Gasteiger partial charge < -0.3 is 15.2 Å². The van der Waals surface area contributed by atoms with Gasteiger partial charge >= 0.3 is 0 Å². The van der Waals surface area contributed by atoms with E-state index in [1.54, 1.807) is 0 Å². The van der Waals surface area contributed by atoms with Crippen molar-refractivity contribution in [2.24, 2.45) is 5.41 Å². The molecule has 1 aliphatic carbocycles. The molecule has 6 heteroatoms. The normalized spacial score (nSPS) is 23.7. The molecule has 1 aliphatic heterocycles. The maximum atomic E-state index is 13.1. The van der Waals surface area contributed by atoms with Gasteiger partial charge in [-0.3, -0.25) is 9.59 Å². The summed E-state index contributed by atoms with van der Waals surface area (Å²) < 4.78 is 0. The molecular weight excluding hydrogens is 340 g/mol. The lowest BCUT2D eigenvalue weighted by Crippen LogP contribution is -2.53. The number of likely N-dealkylation sites (tertiary alicyclic amines) is 1. The Bertz CT molecular complexity index is 868. The maximum absolute atomic E-state index is 13.1. The molecule has 1 saturated carbocycles. The summed E-state index contributed by atoms with van der Waals surface area (Å²) in [6.07, 6.45) is 6.23. The standard InChI is InChI=1S/C21H28N4O2/c1-14-22-17-9-8-15(12-18(17)23-14)19(26)25-11-5-10-21(2,13-25)20(27)24-16-6-3-4-7-16/h8-9,12,16H,3-7,10-11,13H2,1-2H3,(H,22,23)(H,24,27)/t21-/m0/s1. The highest BCUT2D eigenvalue weighted by Gasteiger charge is 2.40. The van der Waals surface area contributed by atoms with Crippen LogP contribution in [0.2, 0.25) is 0 Å². The predicted molar refractivity (Wildman–Crippen MR) is 104 cm³/mol. The van der Waals surface area contributed by atoms with Crippen molar-refractivity contribution < 1.29 is 9.59 Å². The molecule has 144 valence electrons. The van der Waals surface area contributed by atoms with Crippen molar-refractivity contribution in [2.45, 2.75) is 58.4 Å². The number of aryl methyl sites for hydroxylation is 1. The number of piperidine rings is 1. The molecule has 0 unspecified atom stereocenters. The van der Waals surface area contributed by atoms with Crippen LogP contribution in [0, 0.1) is 12.3 Å². The van der Waals surface area contributed by atoms with Gasteiger partial charge in [-0.1, -0.05) is 12.8 Å². The van der Waals surface area contributed by atoms with Gasteiger partial charge in [0.2, 0.25) is 5.91 Å². The number of hydrogen-bond donors (Lipinski definition) is 2. The molecule has 2 heterocycles. The molecule has 0 bridgehead atoms. The first-order valence-corrected chi connectivity index (χ1v) is 10.0. The van der Waals surface area contributed by atoms with E-state index < -0.39 is 5.41 Å². The molecule has 4 rings (SSSR count). The number of amides is 2. The molecule has 2 aromatic rings. The van der Waals surface area contributed by atoms with Crippen molar-refractivity contribution in [1.29, 1.82) is 0 Å². The fourth-order valence-corrected chi connectivity index (χ4v) is 4.48. The average Bonchev–Trinajstić information content (AvgIpc) is 3.28. The number of fused-ring (bicyclic) bond motifs is 1. The number of aromatic nitrogens is 2. The van der Waals surface area contributed by atoms with Crippen LogP contribution in [0.4, 0.5) is 0 Å². The Kier molecular flexibility index (Phi) is 4.66. The number of benzene rings is 1. The number of nitrogens with zero attached hydrogens (tertiary/aromatic N) is 2. The van der Waals surface area contributed by atoms with E-state index in [1.807, 2.05) is 36.9 Å². The molecule has 1 aromatic heterocycles. The van der Waals surface area contributed by atoms with Crippen LogP contribution in [0.3, 0.4) is 0 Å². The Labute approximate surface area is 159 Å². The van der Waals surface area contributed by atoms with E-state index in [4.69, 9.17) is 0 Å². The molecule has 2 fully saturated rings. The topological polar surface area (TPSA) is 78.1 Å². The maximum Gasteiger partial charge on any atom is 0.253 e. The Balaban J connectivity index is 1.48. The summed E-state index contributed by atoms with van der Waals surface area (Å²) in [5.74, 6) is 0.930. The van der Waals surface area contributed by atoms with Crippen molar-refractivity contribution in [1.82, 2.24) is 20.2 Å². The summed E-state index contributed by atoms with van der Waals surface area (Å²) in [6.45, 7) is 5.08. The number of aromatic amines is 1. The van der Waals surface area contributed by atoms with Crippen LogP contribution in [-0.2, 0) is 4.79 Å². The summed E-state index contributed by atoms with van der Waals surface area (Å²) in [4.78, 5) is 35.4. The van der Waals surface area contributed by atoms with E-state index in [9.17, 15) is 9.59 Å². The summed E-state index contributed by atoms with van der Waals surface area (Å²) in [5.41, 5.74) is 1.87. The quantitative estimate of drug-likeness (QED) is 0.873. The van der Waals surface area contributed by atoms with E-state index >= 15 is 0 Å². The minimum atomic E-state index is -0.509. The van der Waals surface area contributed by atoms with Crippen LogP contribution in [0.25, 0.3) is 11.0 Å². The van der Waals surface area contributed by atoms with Gasteiger partial charge in [-0.15, -0.1) is 0 Å². The number of hydrogen-bond acceptors (Lipinski definition) is 3. The molecule has 2 amide bonds. The minimum Gasteiger partial charge on any atom is -0.353 e. The highest BCUT2D eigenvalue weighted by atomic mass is 16.2. The zero-order valence-electron chi connectivity index (χ0n) is 16.2. The second-order valence-electron chi connectivity index (χ2n) is 8.40. The molecular formula is C21H28N4O2. The third-order valence-electron chi connectivity index (χ3n) is 6.07. The highest BCUT2D eigenvalue weighted by molar-refractivity contribution is 5.98. The van der Waals surface area contributed by atoms with E-state index in [0.29, 0.717) is 24.7 Å². The molecule has 1 saturated heterocycles. The molecule has 1 aromatic carbocycles. The zero-order valence-corrected chi connectivity index (χ0v) is 16.2. The number of carbonyl (C=O) groups is 2. The van der Waals surface area contributed by atoms with Gasteiger partial charge in [-0.2, -0.15) is 0 Å². The van der Waals surface area contributed by atoms with Crippen LogP contribution in [0.1, 0.15) is 61.6 Å². The summed E-state index contributed by atoms with van der Waals surface area (Å²) >= 11 is 0. The zero-order chi connectivity index (χ0) is 19.0. The van der Waals surface area contributed by atoms with Crippen molar-refractivity contribution >= 4 is 22.8 Å². The van der Waals surface area contributed by atoms with Gasteiger partial charge in [0.15, 0.2) is 0 Å². The van der Waals surface area contributed by atoms with Gasteiger partial charge in [-0.25, -0.2) is 4.98 Å². The third-order valence-corrected chi connectivity index (χ3v) is 6.07. The van der Waals surface area contributed by atoms with E-state index in [2.05, 4.69) is 15.3 Å². The summed E-state index contributed by atoms with van der Waals surface area (Å²) in [7, 11) is 0. The lowest BCUT2D eigenvalue weighted by molar-refractivity contribution is -0.133. The summed E-state index contributed by atoms with van der Waals surface area (Å²) in [5, 5.41) is 3.23. The molecule has 2 N–H and O–H groups in total. The largest absolute Gasteiger partial charge is 0.353 e. The van der Waals surface area contributed by atoms with Crippen molar-refractivity contribution in [2.75, 3.05) is 13.1 Å². The molecule has 1 atom stereocenters. The Morgan fingerprint density at radius 3 is 2.81 bits per heavy atom. The first kappa shape index (κ1) is 18.0. The van der Waals surface area contributed by atoms with Crippen molar-refractivity contribution in [3.8, 4) is 0 Å². The minimum absolute atomic E-state index is 0.0104. The fraction of sp³-hybridized carbons (Fsp3) is 0.571. The van der Waals surface area contributed by atoms with Gasteiger partial charge in [0, 0.05) is 24.7 Å². The molecule has 0 spiro atoms. The van der Waals surface area contributed by atoms with E-state index in [1.165, 1.54) is 12.8 Å². The molecule has 2 aliphatic rings. The monoisotopic (exact) mass is 368 g/mol. The number of carbonyl (C=O) groups excluding carboxylic acids is 2. The first-order chi connectivity index (χ1) is 12.9. The SMILES string of the molecule is Cc1nc2ccc(C(=O)N3CCC[C@](C)(C(=O)NC4CCCC4)C3)cc2[nH]1. The Morgan fingerprint density at radius 1 is 1.26 bits per heavy atom. The van der Waals surface area contributed by atoms with Crippen LogP contribution < -0.4 is 5.32 Å². The van der Waals surface area contributed by atoms with E-state index in [0.717, 1.165) is 42.5 Å². The molecule has 27 heavy (non-hydrogen) atoms. The van der Waals surface area contributed by atoms with Gasteiger partial charge in [-0.05, 0) is 57.7 Å². The smallest absolute Gasteiger partial charge is 0.253 e. The highest BCUT2D eigenvalue weighted by Crippen LogP contribution is 2.32. The second-order valence-corrected chi connectivity index (χ2v) is 8.40.